The molecule has 0 radical (unpaired) electrons. The fraction of sp³-hybridized carbons (Fsp3) is 0.481. The normalized spacial score (nSPS) is 14.8. The first kappa shape index (κ1) is 29.3. The minimum absolute atomic E-state index is 0.0836. The summed E-state index contributed by atoms with van der Waals surface area (Å²) in [4.78, 5) is 28.0. The Morgan fingerprint density at radius 2 is 1.76 bits per heavy atom. The quantitative estimate of drug-likeness (QED) is 0.398. The molecule has 0 unspecified atom stereocenters. The van der Waals surface area contributed by atoms with Crippen LogP contribution in [0.3, 0.4) is 0 Å². The van der Waals surface area contributed by atoms with E-state index in [1.54, 1.807) is 37.3 Å². The molecule has 1 aliphatic carbocycles. The first-order chi connectivity index (χ1) is 17.5. The zero-order valence-electron chi connectivity index (χ0n) is 21.5. The lowest BCUT2D eigenvalue weighted by atomic mass is 10.1. The third-order valence-corrected chi connectivity index (χ3v) is 8.66. The standard InChI is InChI=1S/C27H35Cl2N3O4S/c1-19-9-4-7-12-25(19)32(37(3,35)36)16-8-13-26(33)31(18-21-14-15-23(28)24(29)17-21)20(2)27(34)30-22-10-5-6-11-22/h4,7,9,12,14-15,17,20,22H,5-6,8,10-11,13,16,18H2,1-3H3,(H,30,34)/t20-/m1/s1. The second-order valence-electron chi connectivity index (χ2n) is 9.66. The van der Waals surface area contributed by atoms with Crippen LogP contribution in [0.1, 0.15) is 56.6 Å². The maximum absolute atomic E-state index is 13.4. The van der Waals surface area contributed by atoms with Gasteiger partial charge in [0.2, 0.25) is 21.8 Å². The minimum Gasteiger partial charge on any atom is -0.352 e. The van der Waals surface area contributed by atoms with Gasteiger partial charge < -0.3 is 10.2 Å². The number of nitrogens with zero attached hydrogens (tertiary/aromatic N) is 2. The molecule has 3 rings (SSSR count). The molecule has 1 saturated carbocycles. The Labute approximate surface area is 230 Å². The van der Waals surface area contributed by atoms with Gasteiger partial charge in [-0.05, 0) is 62.4 Å². The Balaban J connectivity index is 1.74. The monoisotopic (exact) mass is 567 g/mol. The summed E-state index contributed by atoms with van der Waals surface area (Å²) in [6.45, 7) is 3.90. The topological polar surface area (TPSA) is 86.8 Å². The van der Waals surface area contributed by atoms with Gasteiger partial charge in [0.25, 0.3) is 0 Å². The lowest BCUT2D eigenvalue weighted by molar-refractivity contribution is -0.141. The van der Waals surface area contributed by atoms with Crippen molar-refractivity contribution in [3.05, 3.63) is 63.6 Å². The van der Waals surface area contributed by atoms with E-state index in [1.165, 1.54) is 9.21 Å². The van der Waals surface area contributed by atoms with Gasteiger partial charge in [-0.15, -0.1) is 0 Å². The molecule has 0 aromatic heterocycles. The highest BCUT2D eigenvalue weighted by Crippen LogP contribution is 2.25. The molecule has 0 saturated heterocycles. The lowest BCUT2D eigenvalue weighted by Gasteiger charge is -2.30. The summed E-state index contributed by atoms with van der Waals surface area (Å²) in [6.07, 6.45) is 5.60. The van der Waals surface area contributed by atoms with Gasteiger partial charge in [-0.1, -0.05) is 60.3 Å². The molecule has 2 aromatic rings. The zero-order chi connectivity index (χ0) is 27.2. The number of carbonyl (C=O) groups excluding carboxylic acids is 2. The molecule has 10 heteroatoms. The van der Waals surface area contributed by atoms with Crippen LogP contribution in [0.25, 0.3) is 0 Å². The number of aryl methyl sites for hydroxylation is 1. The lowest BCUT2D eigenvalue weighted by Crippen LogP contribution is -2.49. The number of amides is 2. The molecule has 1 N–H and O–H groups in total. The molecule has 37 heavy (non-hydrogen) atoms. The van der Waals surface area contributed by atoms with Gasteiger partial charge in [0.15, 0.2) is 0 Å². The number of hydrogen-bond acceptors (Lipinski definition) is 4. The number of benzene rings is 2. The maximum Gasteiger partial charge on any atom is 0.242 e. The third kappa shape index (κ3) is 8.09. The van der Waals surface area contributed by atoms with Crippen molar-refractivity contribution in [1.82, 2.24) is 10.2 Å². The van der Waals surface area contributed by atoms with Crippen molar-refractivity contribution >= 4 is 50.7 Å². The van der Waals surface area contributed by atoms with E-state index in [0.717, 1.165) is 43.1 Å². The fourth-order valence-electron chi connectivity index (χ4n) is 4.63. The van der Waals surface area contributed by atoms with Crippen LogP contribution >= 0.6 is 23.2 Å². The number of hydrogen-bond donors (Lipinski definition) is 1. The predicted octanol–water partition coefficient (Wildman–Crippen LogP) is 5.32. The predicted molar refractivity (Wildman–Crippen MR) is 149 cm³/mol. The summed E-state index contributed by atoms with van der Waals surface area (Å²) in [5.74, 6) is -0.434. The molecule has 1 atom stereocenters. The fourth-order valence-corrected chi connectivity index (χ4v) is 5.98. The second kappa shape index (κ2) is 13.0. The molecular weight excluding hydrogens is 533 g/mol. The largest absolute Gasteiger partial charge is 0.352 e. The van der Waals surface area contributed by atoms with Gasteiger partial charge in [-0.25, -0.2) is 8.42 Å². The second-order valence-corrected chi connectivity index (χ2v) is 12.4. The molecule has 2 aromatic carbocycles. The Morgan fingerprint density at radius 3 is 2.38 bits per heavy atom. The summed E-state index contributed by atoms with van der Waals surface area (Å²) in [5.41, 5.74) is 2.17. The number of halogens is 2. The van der Waals surface area contributed by atoms with Crippen LogP contribution in [0, 0.1) is 6.92 Å². The summed E-state index contributed by atoms with van der Waals surface area (Å²) >= 11 is 12.2. The van der Waals surface area contributed by atoms with E-state index in [9.17, 15) is 18.0 Å². The average Bonchev–Trinajstić information content (AvgIpc) is 3.35. The molecule has 1 aliphatic rings. The van der Waals surface area contributed by atoms with Gasteiger partial charge >= 0.3 is 0 Å². The Hall–Kier alpha value is -2.29. The summed E-state index contributed by atoms with van der Waals surface area (Å²) in [7, 11) is -3.54. The van der Waals surface area contributed by atoms with Crippen molar-refractivity contribution in [2.75, 3.05) is 17.1 Å². The van der Waals surface area contributed by atoms with Crippen LogP contribution in [-0.2, 0) is 26.2 Å². The van der Waals surface area contributed by atoms with Crippen LogP contribution in [0.2, 0.25) is 10.0 Å². The summed E-state index contributed by atoms with van der Waals surface area (Å²) in [6, 6.07) is 11.8. The van der Waals surface area contributed by atoms with E-state index in [0.29, 0.717) is 22.2 Å². The van der Waals surface area contributed by atoms with E-state index >= 15 is 0 Å². The van der Waals surface area contributed by atoms with Crippen molar-refractivity contribution in [3.63, 3.8) is 0 Å². The number of sulfonamides is 1. The van der Waals surface area contributed by atoms with E-state index in [2.05, 4.69) is 5.32 Å². The van der Waals surface area contributed by atoms with Crippen molar-refractivity contribution in [2.24, 2.45) is 0 Å². The van der Waals surface area contributed by atoms with E-state index < -0.39 is 16.1 Å². The average molecular weight is 569 g/mol. The van der Waals surface area contributed by atoms with Crippen LogP contribution < -0.4 is 9.62 Å². The highest BCUT2D eigenvalue weighted by Gasteiger charge is 2.29. The van der Waals surface area contributed by atoms with Crippen molar-refractivity contribution < 1.29 is 18.0 Å². The number of nitrogens with one attached hydrogen (secondary N) is 1. The molecule has 0 heterocycles. The summed E-state index contributed by atoms with van der Waals surface area (Å²) in [5, 5.41) is 3.86. The van der Waals surface area contributed by atoms with Gasteiger partial charge in [-0.3, -0.25) is 13.9 Å². The number of anilines is 1. The summed E-state index contributed by atoms with van der Waals surface area (Å²) < 4.78 is 26.4. The van der Waals surface area contributed by atoms with Crippen molar-refractivity contribution in [1.29, 1.82) is 0 Å². The highest BCUT2D eigenvalue weighted by atomic mass is 35.5. The van der Waals surface area contributed by atoms with Crippen LogP contribution in [-0.4, -0.2) is 50.0 Å². The van der Waals surface area contributed by atoms with E-state index in [1.807, 2.05) is 19.1 Å². The van der Waals surface area contributed by atoms with Gasteiger partial charge in [0.1, 0.15) is 6.04 Å². The molecule has 202 valence electrons. The third-order valence-electron chi connectivity index (χ3n) is 6.74. The molecular formula is C27H35Cl2N3O4S. The first-order valence-corrected chi connectivity index (χ1v) is 15.1. The molecule has 2 amide bonds. The van der Waals surface area contributed by atoms with E-state index in [-0.39, 0.29) is 37.4 Å². The van der Waals surface area contributed by atoms with Gasteiger partial charge in [0, 0.05) is 25.6 Å². The van der Waals surface area contributed by atoms with Crippen molar-refractivity contribution in [2.45, 2.75) is 71.0 Å². The number of rotatable bonds is 11. The van der Waals surface area contributed by atoms with Crippen LogP contribution in [0.4, 0.5) is 5.69 Å². The van der Waals surface area contributed by atoms with Crippen LogP contribution in [0.5, 0.6) is 0 Å². The highest BCUT2D eigenvalue weighted by molar-refractivity contribution is 7.92. The Kier molecular flexibility index (Phi) is 10.3. The Bertz CT molecular complexity index is 1220. The molecule has 0 spiro atoms. The van der Waals surface area contributed by atoms with Crippen LogP contribution in [0.15, 0.2) is 42.5 Å². The molecule has 0 bridgehead atoms. The smallest absolute Gasteiger partial charge is 0.242 e. The SMILES string of the molecule is Cc1ccccc1N(CCCC(=O)N(Cc1ccc(Cl)c(Cl)c1)[C@H](C)C(=O)NC1CCCC1)S(C)(=O)=O. The number of para-hydroxylation sites is 1. The number of carbonyl (C=O) groups is 2. The minimum atomic E-state index is -3.54. The maximum atomic E-state index is 13.4. The zero-order valence-corrected chi connectivity index (χ0v) is 23.9. The van der Waals surface area contributed by atoms with Crippen molar-refractivity contribution in [3.8, 4) is 0 Å². The molecule has 0 aliphatic heterocycles. The van der Waals surface area contributed by atoms with Gasteiger partial charge in [0.05, 0.1) is 22.0 Å². The molecule has 7 nitrogen and oxygen atoms in total. The first-order valence-electron chi connectivity index (χ1n) is 12.5. The van der Waals surface area contributed by atoms with Gasteiger partial charge in [-0.2, -0.15) is 0 Å². The Morgan fingerprint density at radius 1 is 1.08 bits per heavy atom. The molecule has 1 fully saturated rings. The van der Waals surface area contributed by atoms with E-state index in [4.69, 9.17) is 23.2 Å².